The third kappa shape index (κ3) is 2.50. The fourth-order valence-corrected chi connectivity index (χ4v) is 3.05. The van der Waals surface area contributed by atoms with Crippen LogP contribution in [0.4, 0.5) is 11.4 Å². The molecular weight excluding hydrogens is 292 g/mol. The molecule has 0 bridgehead atoms. The summed E-state index contributed by atoms with van der Waals surface area (Å²) in [7, 11) is 1.82. The SMILES string of the molecule is CC(=O)N1c2ccccc2N(C(=O)c2cc(C)n(C)n2)C[C@@H]1C. The van der Waals surface area contributed by atoms with E-state index >= 15 is 0 Å². The van der Waals surface area contributed by atoms with Crippen LogP contribution >= 0.6 is 0 Å². The predicted octanol–water partition coefficient (Wildman–Crippen LogP) is 2.13. The number of para-hydroxylation sites is 2. The highest BCUT2D eigenvalue weighted by atomic mass is 16.2. The van der Waals surface area contributed by atoms with E-state index in [4.69, 9.17) is 0 Å². The zero-order valence-corrected chi connectivity index (χ0v) is 13.8. The van der Waals surface area contributed by atoms with Crippen molar-refractivity contribution in [2.45, 2.75) is 26.8 Å². The Morgan fingerprint density at radius 3 is 2.43 bits per heavy atom. The Morgan fingerprint density at radius 1 is 1.22 bits per heavy atom. The van der Waals surface area contributed by atoms with Gasteiger partial charge in [0.15, 0.2) is 5.69 Å². The fraction of sp³-hybridized carbons (Fsp3) is 0.353. The molecule has 1 aliphatic rings. The predicted molar refractivity (Wildman–Crippen MR) is 88.7 cm³/mol. The molecule has 2 aromatic rings. The summed E-state index contributed by atoms with van der Waals surface area (Å²) in [5, 5.41) is 4.28. The second-order valence-electron chi connectivity index (χ2n) is 5.94. The van der Waals surface area contributed by atoms with Crippen LogP contribution in [0.3, 0.4) is 0 Å². The number of hydrogen-bond acceptors (Lipinski definition) is 3. The number of benzene rings is 1. The number of anilines is 2. The van der Waals surface area contributed by atoms with Crippen molar-refractivity contribution in [3.05, 3.63) is 41.7 Å². The summed E-state index contributed by atoms with van der Waals surface area (Å²) in [6, 6.07) is 9.18. The summed E-state index contributed by atoms with van der Waals surface area (Å²) in [6.07, 6.45) is 0. The zero-order valence-electron chi connectivity index (χ0n) is 13.8. The number of aryl methyl sites for hydroxylation is 2. The maximum Gasteiger partial charge on any atom is 0.278 e. The van der Waals surface area contributed by atoms with E-state index in [1.165, 1.54) is 0 Å². The molecule has 1 atom stereocenters. The van der Waals surface area contributed by atoms with Crippen LogP contribution in [-0.2, 0) is 11.8 Å². The summed E-state index contributed by atoms with van der Waals surface area (Å²) >= 11 is 0. The molecule has 0 fully saturated rings. The molecule has 0 saturated heterocycles. The fourth-order valence-electron chi connectivity index (χ4n) is 3.05. The minimum atomic E-state index is -0.142. The van der Waals surface area contributed by atoms with E-state index in [-0.39, 0.29) is 17.9 Å². The van der Waals surface area contributed by atoms with Crippen molar-refractivity contribution in [1.29, 1.82) is 0 Å². The molecule has 2 heterocycles. The number of amides is 2. The van der Waals surface area contributed by atoms with E-state index < -0.39 is 0 Å². The molecule has 0 unspecified atom stereocenters. The average Bonchev–Trinajstić information content (AvgIpc) is 2.84. The van der Waals surface area contributed by atoms with Crippen molar-refractivity contribution in [2.24, 2.45) is 7.05 Å². The molecule has 0 aliphatic carbocycles. The highest BCUT2D eigenvalue weighted by molar-refractivity contribution is 6.09. The summed E-state index contributed by atoms with van der Waals surface area (Å²) in [6.45, 7) is 5.85. The van der Waals surface area contributed by atoms with E-state index in [0.29, 0.717) is 12.2 Å². The highest BCUT2D eigenvalue weighted by Crippen LogP contribution is 2.36. The minimum Gasteiger partial charge on any atom is -0.306 e. The number of carbonyl (C=O) groups is 2. The molecule has 0 saturated carbocycles. The van der Waals surface area contributed by atoms with E-state index in [0.717, 1.165) is 17.1 Å². The number of rotatable bonds is 1. The monoisotopic (exact) mass is 312 g/mol. The van der Waals surface area contributed by atoms with Crippen LogP contribution in [0.5, 0.6) is 0 Å². The Balaban J connectivity index is 2.05. The second kappa shape index (κ2) is 5.53. The van der Waals surface area contributed by atoms with Gasteiger partial charge in [-0.3, -0.25) is 14.3 Å². The van der Waals surface area contributed by atoms with Crippen molar-refractivity contribution in [3.8, 4) is 0 Å². The standard InChI is InChI=1S/C17H20N4O2/c1-11-9-14(18-19(11)4)17(23)20-10-12(2)21(13(3)22)16-8-6-5-7-15(16)20/h5-9,12H,10H2,1-4H3/t12-/m0/s1. The van der Waals surface area contributed by atoms with Crippen LogP contribution in [0.25, 0.3) is 0 Å². The van der Waals surface area contributed by atoms with Gasteiger partial charge in [-0.15, -0.1) is 0 Å². The summed E-state index contributed by atoms with van der Waals surface area (Å²) < 4.78 is 1.69. The lowest BCUT2D eigenvalue weighted by molar-refractivity contribution is -0.117. The quantitative estimate of drug-likeness (QED) is 0.810. The summed E-state index contributed by atoms with van der Waals surface area (Å²) in [5.41, 5.74) is 2.86. The lowest BCUT2D eigenvalue weighted by Gasteiger charge is -2.40. The lowest BCUT2D eigenvalue weighted by Crippen LogP contribution is -2.51. The Labute approximate surface area is 135 Å². The first-order valence-electron chi connectivity index (χ1n) is 7.61. The molecular formula is C17H20N4O2. The molecule has 1 aromatic heterocycles. The molecule has 1 aromatic carbocycles. The van der Waals surface area contributed by atoms with Gasteiger partial charge in [-0.05, 0) is 32.0 Å². The van der Waals surface area contributed by atoms with Gasteiger partial charge in [0.2, 0.25) is 5.91 Å². The number of fused-ring (bicyclic) bond motifs is 1. The Kier molecular flexibility index (Phi) is 3.67. The lowest BCUT2D eigenvalue weighted by atomic mass is 10.1. The van der Waals surface area contributed by atoms with Crippen LogP contribution in [0.1, 0.15) is 30.0 Å². The van der Waals surface area contributed by atoms with E-state index in [1.54, 1.807) is 27.5 Å². The van der Waals surface area contributed by atoms with E-state index in [2.05, 4.69) is 5.10 Å². The molecule has 3 rings (SSSR count). The first-order chi connectivity index (χ1) is 10.9. The van der Waals surface area contributed by atoms with Crippen molar-refractivity contribution in [3.63, 3.8) is 0 Å². The first-order valence-corrected chi connectivity index (χ1v) is 7.61. The molecule has 0 spiro atoms. The molecule has 0 radical (unpaired) electrons. The smallest absolute Gasteiger partial charge is 0.278 e. The molecule has 23 heavy (non-hydrogen) atoms. The van der Waals surface area contributed by atoms with Gasteiger partial charge in [-0.1, -0.05) is 12.1 Å². The molecule has 6 heteroatoms. The third-order valence-electron chi connectivity index (χ3n) is 4.24. The van der Waals surface area contributed by atoms with Crippen molar-refractivity contribution in [1.82, 2.24) is 9.78 Å². The molecule has 120 valence electrons. The first kappa shape index (κ1) is 15.3. The van der Waals surface area contributed by atoms with Crippen molar-refractivity contribution in [2.75, 3.05) is 16.3 Å². The van der Waals surface area contributed by atoms with Crippen LogP contribution in [0.15, 0.2) is 30.3 Å². The third-order valence-corrected chi connectivity index (χ3v) is 4.24. The van der Waals surface area contributed by atoms with Crippen molar-refractivity contribution >= 4 is 23.2 Å². The van der Waals surface area contributed by atoms with Gasteiger partial charge in [0.05, 0.1) is 17.4 Å². The highest BCUT2D eigenvalue weighted by Gasteiger charge is 2.34. The summed E-state index contributed by atoms with van der Waals surface area (Å²) in [4.78, 5) is 28.3. The van der Waals surface area contributed by atoms with Crippen LogP contribution < -0.4 is 9.80 Å². The summed E-state index contributed by atoms with van der Waals surface area (Å²) in [5.74, 6) is -0.165. The van der Waals surface area contributed by atoms with Gasteiger partial charge in [0.25, 0.3) is 5.91 Å². The Bertz CT molecular complexity index is 761. The Morgan fingerprint density at radius 2 is 1.87 bits per heavy atom. The number of carbonyl (C=O) groups excluding carboxylic acids is 2. The van der Waals surface area contributed by atoms with Gasteiger partial charge in [-0.2, -0.15) is 5.10 Å². The van der Waals surface area contributed by atoms with Gasteiger partial charge in [0, 0.05) is 26.2 Å². The molecule has 2 amide bonds. The number of nitrogens with zero attached hydrogens (tertiary/aromatic N) is 4. The van der Waals surface area contributed by atoms with Gasteiger partial charge in [0.1, 0.15) is 0 Å². The van der Waals surface area contributed by atoms with E-state index in [9.17, 15) is 9.59 Å². The number of aromatic nitrogens is 2. The van der Waals surface area contributed by atoms with Crippen molar-refractivity contribution < 1.29 is 9.59 Å². The average molecular weight is 312 g/mol. The van der Waals surface area contributed by atoms with Gasteiger partial charge >= 0.3 is 0 Å². The Hall–Kier alpha value is -2.63. The second-order valence-corrected chi connectivity index (χ2v) is 5.94. The molecule has 1 aliphatic heterocycles. The minimum absolute atomic E-state index is 0.0225. The zero-order chi connectivity index (χ0) is 16.7. The van der Waals surface area contributed by atoms with Crippen LogP contribution in [0, 0.1) is 6.92 Å². The van der Waals surface area contributed by atoms with E-state index in [1.807, 2.05) is 45.2 Å². The maximum absolute atomic E-state index is 12.9. The topological polar surface area (TPSA) is 58.4 Å². The maximum atomic E-state index is 12.9. The molecule has 0 N–H and O–H groups in total. The van der Waals surface area contributed by atoms with Gasteiger partial charge < -0.3 is 9.80 Å². The van der Waals surface area contributed by atoms with Crippen LogP contribution in [-0.4, -0.2) is 34.2 Å². The molecule has 6 nitrogen and oxygen atoms in total. The van der Waals surface area contributed by atoms with Gasteiger partial charge in [-0.25, -0.2) is 0 Å². The van der Waals surface area contributed by atoms with Crippen LogP contribution in [0.2, 0.25) is 0 Å². The normalized spacial score (nSPS) is 17.1. The largest absolute Gasteiger partial charge is 0.306 e. The number of hydrogen-bond donors (Lipinski definition) is 0.